The zero-order valence-corrected chi connectivity index (χ0v) is 20.6. The number of piperidine rings is 2. The Morgan fingerprint density at radius 2 is 1.29 bits per heavy atom. The van der Waals surface area contributed by atoms with Gasteiger partial charge in [-0.3, -0.25) is 0 Å². The zero-order chi connectivity index (χ0) is 22.5. The smallest absolute Gasteiger partial charge is 0.0992 e. The van der Waals surface area contributed by atoms with Crippen LogP contribution >= 0.6 is 39.1 Å². The number of nitriles is 2. The average Bonchev–Trinajstić information content (AvgIpc) is 2.80. The normalized spacial score (nSPS) is 15.3. The van der Waals surface area contributed by atoms with Crippen LogP contribution in [0.2, 0.25) is 10.0 Å². The van der Waals surface area contributed by atoms with Crippen LogP contribution in [-0.2, 0) is 0 Å². The summed E-state index contributed by atoms with van der Waals surface area (Å²) < 4.78 is 0.830. The van der Waals surface area contributed by atoms with Crippen LogP contribution in [0, 0.1) is 22.7 Å². The Morgan fingerprint density at radius 3 is 1.77 bits per heavy atom. The van der Waals surface area contributed by atoms with Crippen molar-refractivity contribution < 1.29 is 0 Å². The summed E-state index contributed by atoms with van der Waals surface area (Å²) in [7, 11) is 0. The molecule has 0 unspecified atom stereocenters. The first-order valence-electron chi connectivity index (χ1n) is 10.5. The lowest BCUT2D eigenvalue weighted by Gasteiger charge is -2.29. The molecule has 2 aliphatic heterocycles. The molecule has 2 aliphatic rings. The van der Waals surface area contributed by atoms with Crippen molar-refractivity contribution in [1.29, 1.82) is 10.5 Å². The second kappa shape index (κ2) is 14.3. The van der Waals surface area contributed by atoms with Gasteiger partial charge in [0, 0.05) is 33.3 Å². The minimum absolute atomic E-state index is 0.569. The van der Waals surface area contributed by atoms with Gasteiger partial charge in [-0.25, -0.2) is 0 Å². The molecule has 0 aromatic heterocycles. The summed E-state index contributed by atoms with van der Waals surface area (Å²) >= 11 is 14.8. The van der Waals surface area contributed by atoms with Crippen molar-refractivity contribution in [2.24, 2.45) is 0 Å². The van der Waals surface area contributed by atoms with E-state index >= 15 is 0 Å². The first-order valence-corrected chi connectivity index (χ1v) is 12.1. The van der Waals surface area contributed by atoms with Gasteiger partial charge in [-0.15, -0.1) is 0 Å². The summed E-state index contributed by atoms with van der Waals surface area (Å²) in [6, 6.07) is 14.8. The molecule has 0 saturated carbocycles. The highest BCUT2D eigenvalue weighted by atomic mass is 79.9. The largest absolute Gasteiger partial charge is 0.371 e. The fourth-order valence-corrected chi connectivity index (χ4v) is 4.48. The van der Waals surface area contributed by atoms with E-state index in [-0.39, 0.29) is 0 Å². The average molecular weight is 522 g/mol. The second-order valence-electron chi connectivity index (χ2n) is 7.44. The van der Waals surface area contributed by atoms with Gasteiger partial charge in [0.1, 0.15) is 0 Å². The van der Waals surface area contributed by atoms with Crippen LogP contribution in [0.4, 0.5) is 5.69 Å². The van der Waals surface area contributed by atoms with E-state index in [4.69, 9.17) is 33.7 Å². The lowest BCUT2D eigenvalue weighted by atomic mass is 10.1. The van der Waals surface area contributed by atoms with Gasteiger partial charge in [0.15, 0.2) is 0 Å². The van der Waals surface area contributed by atoms with E-state index in [1.54, 1.807) is 24.3 Å². The maximum atomic E-state index is 8.86. The van der Waals surface area contributed by atoms with Crippen LogP contribution in [0.3, 0.4) is 0 Å². The lowest BCUT2D eigenvalue weighted by molar-refractivity contribution is 0.520. The fraction of sp³-hybridized carbons (Fsp3) is 0.417. The molecule has 2 fully saturated rings. The molecule has 2 heterocycles. The van der Waals surface area contributed by atoms with E-state index in [2.05, 4.69) is 32.2 Å². The Balaban J connectivity index is 0.000000183. The molecule has 4 nitrogen and oxygen atoms in total. The van der Waals surface area contributed by atoms with E-state index in [0.29, 0.717) is 21.2 Å². The minimum atomic E-state index is 0.569. The Morgan fingerprint density at radius 1 is 0.742 bits per heavy atom. The van der Waals surface area contributed by atoms with Crippen LogP contribution in [0.5, 0.6) is 0 Å². The third-order valence-electron chi connectivity index (χ3n) is 4.93. The monoisotopic (exact) mass is 520 g/mol. The van der Waals surface area contributed by atoms with E-state index in [1.807, 2.05) is 18.2 Å². The van der Waals surface area contributed by atoms with Gasteiger partial charge in [0.2, 0.25) is 0 Å². The summed E-state index contributed by atoms with van der Waals surface area (Å²) in [6.45, 7) is 4.65. The third-order valence-corrected chi connectivity index (χ3v) is 5.83. The van der Waals surface area contributed by atoms with E-state index in [0.717, 1.165) is 23.2 Å². The van der Waals surface area contributed by atoms with Crippen LogP contribution in [0.15, 0.2) is 40.9 Å². The SMILES string of the molecule is C1CCNCC1.N#Cc1cc(Cl)cc(Br)c1.N#Cc1cc(Cl)cc(N2CCCCC2)c1. The molecule has 164 valence electrons. The summed E-state index contributed by atoms with van der Waals surface area (Å²) in [5, 5.41) is 21.8. The van der Waals surface area contributed by atoms with Gasteiger partial charge in [0.05, 0.1) is 23.3 Å². The molecule has 0 bridgehead atoms. The van der Waals surface area contributed by atoms with Gasteiger partial charge in [-0.2, -0.15) is 10.5 Å². The van der Waals surface area contributed by atoms with Gasteiger partial charge < -0.3 is 10.2 Å². The fourth-order valence-electron chi connectivity index (χ4n) is 3.39. The van der Waals surface area contributed by atoms with E-state index in [9.17, 15) is 0 Å². The number of rotatable bonds is 1. The minimum Gasteiger partial charge on any atom is -0.371 e. The quantitative estimate of drug-likeness (QED) is 0.441. The first kappa shape index (κ1) is 25.5. The Hall–Kier alpha value is -1.76. The third kappa shape index (κ3) is 9.93. The summed E-state index contributed by atoms with van der Waals surface area (Å²) in [6.07, 6.45) is 7.98. The lowest BCUT2D eigenvalue weighted by Crippen LogP contribution is -2.29. The van der Waals surface area contributed by atoms with Crippen molar-refractivity contribution in [3.8, 4) is 12.1 Å². The maximum Gasteiger partial charge on any atom is 0.0992 e. The highest BCUT2D eigenvalue weighted by Gasteiger charge is 2.12. The number of nitrogens with zero attached hydrogens (tertiary/aromatic N) is 3. The van der Waals surface area contributed by atoms with Crippen LogP contribution in [0.1, 0.15) is 49.7 Å². The number of hydrogen-bond acceptors (Lipinski definition) is 4. The van der Waals surface area contributed by atoms with Crippen molar-refractivity contribution in [3.63, 3.8) is 0 Å². The summed E-state index contributed by atoms with van der Waals surface area (Å²) in [4.78, 5) is 2.30. The standard InChI is InChI=1S/C12H13ClN2.C7H3BrClN.C5H11N/c13-11-6-10(9-14)7-12(8-11)15-4-2-1-3-5-15;8-6-1-5(4-10)2-7(9)3-6;1-2-4-6-5-3-1/h6-8H,1-5H2;1-3H;6H,1-5H2. The first-order chi connectivity index (χ1) is 15.0. The zero-order valence-electron chi connectivity index (χ0n) is 17.5. The highest BCUT2D eigenvalue weighted by Crippen LogP contribution is 2.25. The molecule has 2 aromatic carbocycles. The maximum absolute atomic E-state index is 8.86. The molecule has 0 atom stereocenters. The summed E-state index contributed by atoms with van der Waals surface area (Å²) in [5.74, 6) is 0. The van der Waals surface area contributed by atoms with Crippen LogP contribution < -0.4 is 10.2 Å². The van der Waals surface area contributed by atoms with E-state index < -0.39 is 0 Å². The molecule has 0 amide bonds. The topological polar surface area (TPSA) is 62.9 Å². The highest BCUT2D eigenvalue weighted by molar-refractivity contribution is 9.10. The van der Waals surface area contributed by atoms with Crippen molar-refractivity contribution in [2.45, 2.75) is 38.5 Å². The van der Waals surface area contributed by atoms with Crippen molar-refractivity contribution in [3.05, 3.63) is 62.0 Å². The number of benzene rings is 2. The number of halogens is 3. The number of hydrogen-bond donors (Lipinski definition) is 1. The molecular formula is C24H27BrCl2N4. The van der Waals surface area contributed by atoms with Crippen molar-refractivity contribution in [1.82, 2.24) is 5.32 Å². The number of anilines is 1. The molecule has 7 heteroatoms. The van der Waals surface area contributed by atoms with Gasteiger partial charge in [-0.05, 0) is 81.6 Å². The predicted molar refractivity (Wildman–Crippen MR) is 133 cm³/mol. The van der Waals surface area contributed by atoms with Crippen LogP contribution in [-0.4, -0.2) is 26.2 Å². The Kier molecular flexibility index (Phi) is 11.8. The van der Waals surface area contributed by atoms with E-state index in [1.165, 1.54) is 51.6 Å². The molecule has 1 N–H and O–H groups in total. The number of nitrogens with one attached hydrogen (secondary N) is 1. The molecular weight excluding hydrogens is 495 g/mol. The molecule has 2 saturated heterocycles. The second-order valence-corrected chi connectivity index (χ2v) is 9.23. The molecule has 2 aromatic rings. The molecule has 0 aliphatic carbocycles. The van der Waals surface area contributed by atoms with Gasteiger partial charge in [-0.1, -0.05) is 45.6 Å². The molecule has 0 spiro atoms. The Labute approximate surface area is 203 Å². The molecule has 0 radical (unpaired) electrons. The predicted octanol–water partition coefficient (Wildman–Crippen LogP) is 6.94. The Bertz CT molecular complexity index is 879. The summed E-state index contributed by atoms with van der Waals surface area (Å²) in [5.41, 5.74) is 2.29. The van der Waals surface area contributed by atoms with Gasteiger partial charge in [0.25, 0.3) is 0 Å². The van der Waals surface area contributed by atoms with Crippen molar-refractivity contribution in [2.75, 3.05) is 31.1 Å². The van der Waals surface area contributed by atoms with Crippen molar-refractivity contribution >= 4 is 44.8 Å². The molecule has 4 rings (SSSR count). The van der Waals surface area contributed by atoms with Gasteiger partial charge >= 0.3 is 0 Å². The molecule has 31 heavy (non-hydrogen) atoms. The van der Waals surface area contributed by atoms with Crippen LogP contribution in [0.25, 0.3) is 0 Å².